The lowest BCUT2D eigenvalue weighted by Crippen LogP contribution is -2.74. The maximum atomic E-state index is 14.4. The third-order valence-electron chi connectivity index (χ3n) is 5.90. The summed E-state index contributed by atoms with van der Waals surface area (Å²) < 4.78 is 229. The van der Waals surface area contributed by atoms with Crippen LogP contribution in [0.15, 0.2) is 24.3 Å². The van der Waals surface area contributed by atoms with Gasteiger partial charge >= 0.3 is 47.6 Å². The molecule has 1 heterocycles. The minimum absolute atomic E-state index is 0.00450. The second-order valence-corrected chi connectivity index (χ2v) is 9.13. The molecule has 21 heteroatoms. The summed E-state index contributed by atoms with van der Waals surface area (Å²) in [4.78, 5) is 0. The number of hydrogen-bond acceptors (Lipinski definition) is 2. The van der Waals surface area contributed by atoms with Crippen LogP contribution >= 0.6 is 12.2 Å². The van der Waals surface area contributed by atoms with Gasteiger partial charge in [0, 0.05) is 23.8 Å². The van der Waals surface area contributed by atoms with Crippen LogP contribution in [-0.2, 0) is 5.92 Å². The number of anilines is 1. The first-order chi connectivity index (χ1) is 18.2. The van der Waals surface area contributed by atoms with Crippen LogP contribution < -0.4 is 16.0 Å². The molecule has 0 spiro atoms. The van der Waals surface area contributed by atoms with E-state index in [0.717, 1.165) is 19.4 Å². The monoisotopic (exact) mass is 653 g/mol. The predicted octanol–water partition coefficient (Wildman–Crippen LogP) is 7.19. The molecule has 2 rings (SSSR count). The summed E-state index contributed by atoms with van der Waals surface area (Å²) in [6.07, 6.45) is -6.16. The normalized spacial score (nSPS) is 18.4. The highest BCUT2D eigenvalue weighted by molar-refractivity contribution is 7.80. The third-order valence-corrected chi connectivity index (χ3v) is 6.15. The molecule has 0 saturated carbocycles. The van der Waals surface area contributed by atoms with E-state index in [9.17, 15) is 74.6 Å². The molecule has 3 N–H and O–H groups in total. The predicted molar refractivity (Wildman–Crippen MR) is 111 cm³/mol. The molecule has 41 heavy (non-hydrogen) atoms. The van der Waals surface area contributed by atoms with Gasteiger partial charge in [0.05, 0.1) is 0 Å². The van der Waals surface area contributed by atoms with Gasteiger partial charge in [-0.15, -0.1) is 0 Å². The Labute approximate surface area is 223 Å². The van der Waals surface area contributed by atoms with Crippen molar-refractivity contribution in [3.63, 3.8) is 0 Å². The molecule has 1 saturated heterocycles. The van der Waals surface area contributed by atoms with Crippen molar-refractivity contribution in [2.75, 3.05) is 18.4 Å². The van der Waals surface area contributed by atoms with Crippen LogP contribution in [0.1, 0.15) is 18.4 Å². The van der Waals surface area contributed by atoms with Gasteiger partial charge in [-0.2, -0.15) is 74.6 Å². The SMILES string of the molecule is FC(F)(F)C(F)(F)C(F)(F)C(F)(F)C(F)(F)C(F)(F)C(F)(F)C(F)(F)c1ccc(NC(=S)NC[C@@H]2CCCN2)cc1. The molecular formula is C20H16F17N3S. The molecule has 0 radical (unpaired) electrons. The Morgan fingerprint density at radius 1 is 0.683 bits per heavy atom. The van der Waals surface area contributed by atoms with E-state index in [1.807, 2.05) is 0 Å². The van der Waals surface area contributed by atoms with Gasteiger partial charge in [-0.3, -0.25) is 0 Å². The lowest BCUT2D eigenvalue weighted by Gasteiger charge is -2.42. The summed E-state index contributed by atoms with van der Waals surface area (Å²) >= 11 is 4.88. The number of rotatable bonds is 10. The molecule has 236 valence electrons. The summed E-state index contributed by atoms with van der Waals surface area (Å²) in [6, 6.07) is 0.672. The summed E-state index contributed by atoms with van der Waals surface area (Å²) in [5.74, 6) is -56.8. The van der Waals surface area contributed by atoms with E-state index in [0.29, 0.717) is 12.1 Å². The van der Waals surface area contributed by atoms with Crippen LogP contribution in [0.4, 0.5) is 80.3 Å². The average Bonchev–Trinajstić information content (AvgIpc) is 3.35. The topological polar surface area (TPSA) is 36.1 Å². The highest BCUT2D eigenvalue weighted by Crippen LogP contribution is 2.65. The molecule has 0 aliphatic carbocycles. The van der Waals surface area contributed by atoms with Gasteiger partial charge in [0.2, 0.25) is 0 Å². The van der Waals surface area contributed by atoms with E-state index >= 15 is 0 Å². The third kappa shape index (κ3) is 5.58. The maximum absolute atomic E-state index is 14.4. The van der Waals surface area contributed by atoms with Gasteiger partial charge < -0.3 is 16.0 Å². The van der Waals surface area contributed by atoms with Crippen LogP contribution in [0.2, 0.25) is 0 Å². The van der Waals surface area contributed by atoms with Crippen LogP contribution in [0.25, 0.3) is 0 Å². The second-order valence-electron chi connectivity index (χ2n) is 8.72. The zero-order valence-electron chi connectivity index (χ0n) is 19.5. The molecule has 0 amide bonds. The van der Waals surface area contributed by atoms with E-state index in [4.69, 9.17) is 12.2 Å². The van der Waals surface area contributed by atoms with E-state index in [2.05, 4.69) is 16.0 Å². The Balaban J connectivity index is 2.36. The van der Waals surface area contributed by atoms with Gasteiger partial charge in [0.15, 0.2) is 5.11 Å². The van der Waals surface area contributed by atoms with Crippen LogP contribution in [0, 0.1) is 0 Å². The summed E-state index contributed by atoms with van der Waals surface area (Å²) in [5.41, 5.74) is -2.59. The zero-order chi connectivity index (χ0) is 32.1. The molecule has 1 aromatic carbocycles. The fourth-order valence-electron chi connectivity index (χ4n) is 3.43. The van der Waals surface area contributed by atoms with Crippen molar-refractivity contribution in [3.05, 3.63) is 29.8 Å². The first-order valence-corrected chi connectivity index (χ1v) is 11.2. The first kappa shape index (κ1) is 34.9. The number of alkyl halides is 17. The highest BCUT2D eigenvalue weighted by atomic mass is 32.1. The minimum atomic E-state index is -8.66. The number of benzene rings is 1. The van der Waals surface area contributed by atoms with Gasteiger partial charge in [0.25, 0.3) is 0 Å². The maximum Gasteiger partial charge on any atom is 0.460 e. The smallest absolute Gasteiger partial charge is 0.361 e. The second kappa shape index (κ2) is 10.7. The molecule has 1 aliphatic heterocycles. The van der Waals surface area contributed by atoms with Crippen molar-refractivity contribution in [2.24, 2.45) is 0 Å². The lowest BCUT2D eigenvalue weighted by atomic mass is 9.87. The standard InChI is InChI=1S/C20H16F17N3S/c21-13(22,9-3-5-10(6-4-9)40-12(41)39-8-11-2-1-7-38-11)14(23,24)15(25,26)16(27,28)17(29,30)18(31,32)19(33,34)20(35,36)37/h3-6,11,38H,1-2,7-8H2,(H2,39,40,41)/t11-/m0/s1. The van der Waals surface area contributed by atoms with Crippen molar-refractivity contribution in [1.82, 2.24) is 10.6 Å². The molecule has 1 atom stereocenters. The quantitative estimate of drug-likeness (QED) is 0.185. The zero-order valence-corrected chi connectivity index (χ0v) is 20.4. The van der Waals surface area contributed by atoms with Crippen molar-refractivity contribution in [1.29, 1.82) is 0 Å². The molecule has 0 bridgehead atoms. The average molecular weight is 653 g/mol. The number of nitrogens with one attached hydrogen (secondary N) is 3. The number of hydrogen-bond donors (Lipinski definition) is 3. The first-order valence-electron chi connectivity index (χ1n) is 10.8. The van der Waals surface area contributed by atoms with E-state index in [1.165, 1.54) is 0 Å². The summed E-state index contributed by atoms with van der Waals surface area (Å²) in [5, 5.41) is 7.94. The van der Waals surface area contributed by atoms with E-state index < -0.39 is 53.2 Å². The molecule has 1 aromatic rings. The minimum Gasteiger partial charge on any atom is -0.361 e. The molecule has 3 nitrogen and oxygen atoms in total. The van der Waals surface area contributed by atoms with Gasteiger partial charge in [-0.25, -0.2) is 0 Å². The Bertz CT molecular complexity index is 1080. The van der Waals surface area contributed by atoms with Crippen molar-refractivity contribution < 1.29 is 74.6 Å². The molecule has 0 aromatic heterocycles. The van der Waals surface area contributed by atoms with Crippen LogP contribution in [-0.4, -0.2) is 66.0 Å². The number of halogens is 17. The number of thiocarbonyl (C=S) groups is 1. The van der Waals surface area contributed by atoms with Gasteiger partial charge in [-0.1, -0.05) is 12.1 Å². The van der Waals surface area contributed by atoms with Crippen molar-refractivity contribution in [2.45, 2.75) is 66.5 Å². The molecule has 0 unspecified atom stereocenters. The van der Waals surface area contributed by atoms with Crippen LogP contribution in [0.5, 0.6) is 0 Å². The lowest BCUT2D eigenvalue weighted by molar-refractivity contribution is -0.462. The highest BCUT2D eigenvalue weighted by Gasteiger charge is 2.95. The molecule has 1 aliphatic rings. The fraction of sp³-hybridized carbons (Fsp3) is 0.650. The van der Waals surface area contributed by atoms with Crippen molar-refractivity contribution >= 4 is 23.0 Å². The Kier molecular flexibility index (Phi) is 9.14. The van der Waals surface area contributed by atoms with Crippen LogP contribution in [0.3, 0.4) is 0 Å². The summed E-state index contributed by atoms with van der Waals surface area (Å²) in [7, 11) is 0. The van der Waals surface area contributed by atoms with Gasteiger partial charge in [0.1, 0.15) is 0 Å². The van der Waals surface area contributed by atoms with E-state index in [1.54, 1.807) is 0 Å². The van der Waals surface area contributed by atoms with E-state index in [-0.39, 0.29) is 35.5 Å². The van der Waals surface area contributed by atoms with Crippen molar-refractivity contribution in [3.8, 4) is 0 Å². The molecular weight excluding hydrogens is 637 g/mol. The fourth-order valence-corrected chi connectivity index (χ4v) is 3.63. The largest absolute Gasteiger partial charge is 0.460 e. The molecule has 1 fully saturated rings. The Hall–Kier alpha value is -2.32. The van der Waals surface area contributed by atoms with Gasteiger partial charge in [-0.05, 0) is 43.7 Å². The summed E-state index contributed by atoms with van der Waals surface area (Å²) in [6.45, 7) is 0.994. The Morgan fingerprint density at radius 2 is 1.12 bits per heavy atom. The Morgan fingerprint density at radius 3 is 1.54 bits per heavy atom.